The molecule has 1 aromatic rings. The van der Waals surface area contributed by atoms with E-state index in [4.69, 9.17) is 16.3 Å². The quantitative estimate of drug-likeness (QED) is 0.934. The van der Waals surface area contributed by atoms with Crippen LogP contribution in [0, 0.1) is 11.3 Å². The van der Waals surface area contributed by atoms with Crippen molar-refractivity contribution in [3.63, 3.8) is 0 Å². The fourth-order valence-electron chi connectivity index (χ4n) is 3.18. The molecule has 4 nitrogen and oxygen atoms in total. The zero-order valence-electron chi connectivity index (χ0n) is 12.2. The maximum absolute atomic E-state index is 12.4. The average molecular weight is 307 g/mol. The number of carbonyl (C=O) groups excluding carboxylic acids is 1. The summed E-state index contributed by atoms with van der Waals surface area (Å²) in [4.78, 5) is 12.4. The van der Waals surface area contributed by atoms with Gasteiger partial charge in [0, 0.05) is 11.4 Å². The van der Waals surface area contributed by atoms with Gasteiger partial charge < -0.3 is 10.2 Å². The number of ether oxygens (including phenoxy) is 1. The summed E-state index contributed by atoms with van der Waals surface area (Å²) in [7, 11) is 0. The van der Waals surface area contributed by atoms with Gasteiger partial charge in [0.25, 0.3) is 0 Å². The molecule has 1 aliphatic carbocycles. The van der Waals surface area contributed by atoms with Gasteiger partial charge in [-0.05, 0) is 36.1 Å². The highest BCUT2D eigenvalue weighted by Gasteiger charge is 2.45. The molecule has 1 N–H and O–H groups in total. The summed E-state index contributed by atoms with van der Waals surface area (Å²) in [5.74, 6) is 0.860. The number of hydrazone groups is 1. The maximum Gasteiger partial charge on any atom is 0.144 e. The summed E-state index contributed by atoms with van der Waals surface area (Å²) in [6.45, 7) is 4.60. The topological polar surface area (TPSA) is 50.7 Å². The summed E-state index contributed by atoms with van der Waals surface area (Å²) in [6, 6.07) is 7.30. The fourth-order valence-corrected chi connectivity index (χ4v) is 3.30. The summed E-state index contributed by atoms with van der Waals surface area (Å²) in [6.07, 6.45) is 1.56. The van der Waals surface area contributed by atoms with Gasteiger partial charge in [0.2, 0.25) is 0 Å². The number of ketones is 1. The van der Waals surface area contributed by atoms with Crippen molar-refractivity contribution in [2.24, 2.45) is 16.4 Å². The van der Waals surface area contributed by atoms with Crippen LogP contribution in [-0.4, -0.2) is 24.1 Å². The lowest BCUT2D eigenvalue weighted by Crippen LogP contribution is -2.46. The SMILES string of the molecule is CC1(C)CC(=O)[C@@H]2C(COc3ccc(Cl)cc3)=NN[C@H]2C1. The van der Waals surface area contributed by atoms with Crippen LogP contribution < -0.4 is 10.2 Å². The first-order chi connectivity index (χ1) is 9.94. The third kappa shape index (κ3) is 3.05. The first-order valence-corrected chi connectivity index (χ1v) is 7.55. The van der Waals surface area contributed by atoms with Crippen LogP contribution in [0.15, 0.2) is 29.4 Å². The van der Waals surface area contributed by atoms with Crippen LogP contribution in [0.3, 0.4) is 0 Å². The van der Waals surface area contributed by atoms with Gasteiger partial charge in [0.05, 0.1) is 17.7 Å². The van der Waals surface area contributed by atoms with Crippen molar-refractivity contribution in [3.05, 3.63) is 29.3 Å². The molecule has 0 spiro atoms. The highest BCUT2D eigenvalue weighted by atomic mass is 35.5. The second kappa shape index (κ2) is 5.34. The average Bonchev–Trinajstić information content (AvgIpc) is 2.79. The Morgan fingerprint density at radius 3 is 2.81 bits per heavy atom. The summed E-state index contributed by atoms with van der Waals surface area (Å²) < 4.78 is 5.71. The predicted octanol–water partition coefficient (Wildman–Crippen LogP) is 3.05. The summed E-state index contributed by atoms with van der Waals surface area (Å²) in [5.41, 5.74) is 3.96. The summed E-state index contributed by atoms with van der Waals surface area (Å²) in [5, 5.41) is 5.00. The highest BCUT2D eigenvalue weighted by Crippen LogP contribution is 2.38. The molecule has 112 valence electrons. The number of hydrogen-bond acceptors (Lipinski definition) is 4. The molecule has 1 heterocycles. The molecule has 2 atom stereocenters. The smallest absolute Gasteiger partial charge is 0.144 e. The molecule has 0 bridgehead atoms. The molecule has 2 aliphatic rings. The first-order valence-electron chi connectivity index (χ1n) is 7.18. The van der Waals surface area contributed by atoms with Crippen LogP contribution in [0.4, 0.5) is 0 Å². The van der Waals surface area contributed by atoms with Crippen LogP contribution in [0.5, 0.6) is 5.75 Å². The monoisotopic (exact) mass is 306 g/mol. The van der Waals surface area contributed by atoms with Crippen molar-refractivity contribution < 1.29 is 9.53 Å². The maximum atomic E-state index is 12.4. The minimum Gasteiger partial charge on any atom is -0.488 e. The molecule has 0 saturated heterocycles. The fraction of sp³-hybridized carbons (Fsp3) is 0.500. The van der Waals surface area contributed by atoms with Crippen molar-refractivity contribution in [2.45, 2.75) is 32.7 Å². The lowest BCUT2D eigenvalue weighted by molar-refractivity contribution is -0.126. The van der Waals surface area contributed by atoms with Gasteiger partial charge >= 0.3 is 0 Å². The molecule has 0 radical (unpaired) electrons. The number of halogens is 1. The van der Waals surface area contributed by atoms with Gasteiger partial charge in [-0.25, -0.2) is 0 Å². The van der Waals surface area contributed by atoms with Gasteiger partial charge in [-0.15, -0.1) is 0 Å². The van der Waals surface area contributed by atoms with E-state index in [2.05, 4.69) is 24.4 Å². The molecule has 1 fully saturated rings. The van der Waals surface area contributed by atoms with E-state index in [-0.39, 0.29) is 23.2 Å². The minimum absolute atomic E-state index is 0.0489. The molecular formula is C16H19ClN2O2. The van der Waals surface area contributed by atoms with Gasteiger partial charge in [-0.3, -0.25) is 4.79 Å². The second-order valence-corrected chi connectivity index (χ2v) is 7.01. The van der Waals surface area contributed by atoms with Gasteiger partial charge in [0.15, 0.2) is 0 Å². The van der Waals surface area contributed by atoms with E-state index in [1.807, 2.05) is 12.1 Å². The van der Waals surface area contributed by atoms with Crippen LogP contribution in [0.25, 0.3) is 0 Å². The Bertz CT molecular complexity index is 580. The van der Waals surface area contributed by atoms with E-state index < -0.39 is 0 Å². The van der Waals surface area contributed by atoms with E-state index in [1.54, 1.807) is 12.1 Å². The Kier molecular flexibility index (Phi) is 3.66. The number of benzene rings is 1. The third-order valence-corrected chi connectivity index (χ3v) is 4.36. The molecule has 5 heteroatoms. The van der Waals surface area contributed by atoms with E-state index in [0.29, 0.717) is 18.1 Å². The van der Waals surface area contributed by atoms with E-state index in [9.17, 15) is 4.79 Å². The minimum atomic E-state index is -0.134. The second-order valence-electron chi connectivity index (χ2n) is 6.57. The van der Waals surface area contributed by atoms with E-state index in [0.717, 1.165) is 17.9 Å². The Hall–Kier alpha value is -1.55. The largest absolute Gasteiger partial charge is 0.488 e. The number of fused-ring (bicyclic) bond motifs is 1. The molecule has 0 aromatic heterocycles. The highest BCUT2D eigenvalue weighted by molar-refractivity contribution is 6.30. The number of rotatable bonds is 3. The van der Waals surface area contributed by atoms with Crippen molar-refractivity contribution in [2.75, 3.05) is 6.61 Å². The number of nitrogens with one attached hydrogen (secondary N) is 1. The molecule has 0 amide bonds. The van der Waals surface area contributed by atoms with Gasteiger partial charge in [-0.1, -0.05) is 25.4 Å². The lowest BCUT2D eigenvalue weighted by Gasteiger charge is -2.36. The van der Waals surface area contributed by atoms with Gasteiger partial charge in [-0.2, -0.15) is 5.10 Å². The van der Waals surface area contributed by atoms with E-state index in [1.165, 1.54) is 0 Å². The third-order valence-electron chi connectivity index (χ3n) is 4.11. The Labute approximate surface area is 129 Å². The molecule has 3 rings (SSSR count). The molecule has 1 aliphatic heterocycles. The number of carbonyl (C=O) groups is 1. The molecule has 0 unspecified atom stereocenters. The Morgan fingerprint density at radius 2 is 2.10 bits per heavy atom. The predicted molar refractivity (Wildman–Crippen MR) is 82.8 cm³/mol. The Balaban J connectivity index is 1.65. The molecule has 1 aromatic carbocycles. The zero-order chi connectivity index (χ0) is 15.0. The van der Waals surface area contributed by atoms with Crippen molar-refractivity contribution in [1.29, 1.82) is 0 Å². The molecular weight excluding hydrogens is 288 g/mol. The van der Waals surface area contributed by atoms with Crippen LogP contribution in [-0.2, 0) is 4.79 Å². The number of hydrogen-bond donors (Lipinski definition) is 1. The lowest BCUT2D eigenvalue weighted by atomic mass is 9.69. The van der Waals surface area contributed by atoms with Gasteiger partial charge in [0.1, 0.15) is 18.1 Å². The Morgan fingerprint density at radius 1 is 1.38 bits per heavy atom. The zero-order valence-corrected chi connectivity index (χ0v) is 13.0. The summed E-state index contributed by atoms with van der Waals surface area (Å²) >= 11 is 5.84. The molecule has 1 saturated carbocycles. The van der Waals surface area contributed by atoms with Crippen LogP contribution >= 0.6 is 11.6 Å². The van der Waals surface area contributed by atoms with Crippen LogP contribution in [0.2, 0.25) is 5.02 Å². The van der Waals surface area contributed by atoms with Crippen LogP contribution in [0.1, 0.15) is 26.7 Å². The van der Waals surface area contributed by atoms with Crippen molar-refractivity contribution >= 4 is 23.1 Å². The molecule has 21 heavy (non-hydrogen) atoms. The van der Waals surface area contributed by atoms with Crippen molar-refractivity contribution in [1.82, 2.24) is 5.43 Å². The van der Waals surface area contributed by atoms with Crippen molar-refractivity contribution in [3.8, 4) is 5.75 Å². The van der Waals surface area contributed by atoms with E-state index >= 15 is 0 Å². The number of Topliss-reactive ketones (excluding diaryl/α,β-unsaturated/α-hetero) is 1. The number of nitrogens with zero attached hydrogens (tertiary/aromatic N) is 1. The standard InChI is InChI=1S/C16H19ClN2O2/c1-16(2)7-12-15(14(20)8-16)13(19-18-12)9-21-11-5-3-10(17)4-6-11/h3-6,12,15,18H,7-9H2,1-2H3/t12-,15-/m0/s1. The normalized spacial score (nSPS) is 26.8. The first kappa shape index (κ1) is 14.4.